The van der Waals surface area contributed by atoms with E-state index in [1.807, 2.05) is 34.6 Å². The molecule has 0 spiro atoms. The maximum atomic E-state index is 11.6. The minimum Gasteiger partial charge on any atom is -0.399 e. The van der Waals surface area contributed by atoms with Crippen molar-refractivity contribution in [1.82, 2.24) is 4.98 Å². The second-order valence-corrected chi connectivity index (χ2v) is 7.77. The Morgan fingerprint density at radius 2 is 1.75 bits per heavy atom. The summed E-state index contributed by atoms with van der Waals surface area (Å²) in [7, 11) is -1.37. The summed E-state index contributed by atoms with van der Waals surface area (Å²) in [6.45, 7) is 10.1. The van der Waals surface area contributed by atoms with Crippen molar-refractivity contribution in [3.63, 3.8) is 0 Å². The number of aryl methyl sites for hydroxylation is 1. The van der Waals surface area contributed by atoms with Gasteiger partial charge in [-0.3, -0.25) is 9.19 Å². The lowest BCUT2D eigenvalue weighted by Crippen LogP contribution is -2.41. The van der Waals surface area contributed by atoms with E-state index in [9.17, 15) is 4.21 Å². The molecule has 1 aliphatic heterocycles. The van der Waals surface area contributed by atoms with Gasteiger partial charge in [-0.25, -0.2) is 0 Å². The minimum absolute atomic E-state index is 0.385. The number of nitrogens with zero attached hydrogens (tertiary/aromatic N) is 1. The maximum Gasteiger partial charge on any atom is 0.496 e. The molecule has 0 radical (unpaired) electrons. The topological polar surface area (TPSA) is 48.4 Å². The van der Waals surface area contributed by atoms with E-state index in [1.54, 1.807) is 18.6 Å². The lowest BCUT2D eigenvalue weighted by atomic mass is 9.76. The molecule has 4 nitrogen and oxygen atoms in total. The van der Waals surface area contributed by atoms with Crippen molar-refractivity contribution < 1.29 is 13.5 Å². The van der Waals surface area contributed by atoms with Gasteiger partial charge in [-0.2, -0.15) is 0 Å². The van der Waals surface area contributed by atoms with Crippen molar-refractivity contribution in [1.29, 1.82) is 0 Å². The van der Waals surface area contributed by atoms with E-state index in [0.29, 0.717) is 5.75 Å². The third-order valence-corrected chi connectivity index (χ3v) is 4.86. The molecule has 110 valence electrons. The van der Waals surface area contributed by atoms with E-state index in [4.69, 9.17) is 9.31 Å². The first-order valence-corrected chi connectivity index (χ1v) is 8.46. The van der Waals surface area contributed by atoms with Gasteiger partial charge < -0.3 is 9.31 Å². The van der Waals surface area contributed by atoms with Crippen LogP contribution in [0.25, 0.3) is 0 Å². The summed E-state index contributed by atoms with van der Waals surface area (Å²) in [6, 6.07) is 0. The van der Waals surface area contributed by atoms with Crippen LogP contribution >= 0.6 is 0 Å². The zero-order valence-electron chi connectivity index (χ0n) is 13.0. The molecule has 0 N–H and O–H groups in total. The van der Waals surface area contributed by atoms with Crippen LogP contribution < -0.4 is 5.46 Å². The maximum absolute atomic E-state index is 11.6. The van der Waals surface area contributed by atoms with E-state index in [1.165, 1.54) is 0 Å². The van der Waals surface area contributed by atoms with Gasteiger partial charge in [-0.05, 0) is 45.7 Å². The fraction of sp³-hybridized carbons (Fsp3) is 0.643. The van der Waals surface area contributed by atoms with Crippen molar-refractivity contribution in [2.45, 2.75) is 51.6 Å². The van der Waals surface area contributed by atoms with Crippen molar-refractivity contribution in [2.24, 2.45) is 0 Å². The quantitative estimate of drug-likeness (QED) is 0.794. The lowest BCUT2D eigenvalue weighted by molar-refractivity contribution is 0.00578. The standard InChI is InChI=1S/C14H22BNO3S/c1-10-7-16-8-12(11(10)9-20(6)17)15-18-13(2,3)14(4,5)19-15/h7-8H,9H2,1-6H3. The molecule has 20 heavy (non-hydrogen) atoms. The molecule has 2 heterocycles. The molecule has 1 saturated heterocycles. The molecule has 2 rings (SSSR count). The predicted octanol–water partition coefficient (Wildman–Crippen LogP) is 1.57. The van der Waals surface area contributed by atoms with E-state index in [0.717, 1.165) is 16.6 Å². The highest BCUT2D eigenvalue weighted by molar-refractivity contribution is 7.83. The Hall–Kier alpha value is -0.715. The van der Waals surface area contributed by atoms with E-state index in [2.05, 4.69) is 4.98 Å². The van der Waals surface area contributed by atoms with E-state index < -0.39 is 17.9 Å². The Balaban J connectivity index is 2.40. The lowest BCUT2D eigenvalue weighted by Gasteiger charge is -2.32. The molecule has 6 heteroatoms. The van der Waals surface area contributed by atoms with Gasteiger partial charge >= 0.3 is 7.12 Å². The molecule has 0 aromatic carbocycles. The van der Waals surface area contributed by atoms with Crippen LogP contribution in [-0.4, -0.2) is 33.8 Å². The highest BCUT2D eigenvalue weighted by Gasteiger charge is 2.52. The highest BCUT2D eigenvalue weighted by atomic mass is 32.2. The zero-order valence-corrected chi connectivity index (χ0v) is 13.8. The zero-order chi connectivity index (χ0) is 15.1. The summed E-state index contributed by atoms with van der Waals surface area (Å²) in [5.41, 5.74) is 2.15. The molecule has 1 fully saturated rings. The Bertz CT molecular complexity index is 529. The molecule has 1 aromatic rings. The third kappa shape index (κ3) is 2.82. The van der Waals surface area contributed by atoms with Crippen LogP contribution in [0, 0.1) is 6.92 Å². The average molecular weight is 295 g/mol. The molecule has 1 aromatic heterocycles. The van der Waals surface area contributed by atoms with Crippen LogP contribution in [0.4, 0.5) is 0 Å². The van der Waals surface area contributed by atoms with Gasteiger partial charge in [0, 0.05) is 40.7 Å². The molecule has 1 atom stereocenters. The molecule has 0 amide bonds. The Labute approximate surface area is 123 Å². The average Bonchev–Trinajstić information content (AvgIpc) is 2.50. The Kier molecular flexibility index (Phi) is 4.11. The van der Waals surface area contributed by atoms with Crippen LogP contribution in [0.5, 0.6) is 0 Å². The number of hydrogen-bond donors (Lipinski definition) is 0. The summed E-state index contributed by atoms with van der Waals surface area (Å²) in [4.78, 5) is 4.23. The second-order valence-electron chi connectivity index (χ2n) is 6.33. The summed E-state index contributed by atoms with van der Waals surface area (Å²) in [5.74, 6) is 0.494. The van der Waals surface area contributed by atoms with Crippen LogP contribution in [0.1, 0.15) is 38.8 Å². The van der Waals surface area contributed by atoms with Gasteiger partial charge in [0.25, 0.3) is 0 Å². The molecule has 0 saturated carbocycles. The molecule has 1 aliphatic rings. The SMILES string of the molecule is Cc1cncc(B2OC(C)(C)C(C)(C)O2)c1CS(C)=O. The first-order valence-electron chi connectivity index (χ1n) is 6.73. The number of hydrogen-bond acceptors (Lipinski definition) is 4. The van der Waals surface area contributed by atoms with E-state index in [-0.39, 0.29) is 11.2 Å². The van der Waals surface area contributed by atoms with Crippen LogP contribution in [0.15, 0.2) is 12.4 Å². The molecule has 1 unspecified atom stereocenters. The summed E-state index contributed by atoms with van der Waals surface area (Å²) < 4.78 is 23.7. The third-order valence-electron chi connectivity index (χ3n) is 4.16. The summed E-state index contributed by atoms with van der Waals surface area (Å²) >= 11 is 0. The van der Waals surface area contributed by atoms with Crippen molar-refractivity contribution in [3.05, 3.63) is 23.5 Å². The first-order chi connectivity index (χ1) is 9.14. The van der Waals surface area contributed by atoms with Gasteiger partial charge in [-0.1, -0.05) is 0 Å². The highest BCUT2D eigenvalue weighted by Crippen LogP contribution is 2.36. The van der Waals surface area contributed by atoms with Gasteiger partial charge in [0.1, 0.15) is 0 Å². The number of pyridine rings is 1. The Morgan fingerprint density at radius 3 is 2.25 bits per heavy atom. The van der Waals surface area contributed by atoms with Gasteiger partial charge in [0.2, 0.25) is 0 Å². The van der Waals surface area contributed by atoms with Crippen LogP contribution in [-0.2, 0) is 25.9 Å². The molecular formula is C14H22BNO3S. The fourth-order valence-corrected chi connectivity index (χ4v) is 2.99. The van der Waals surface area contributed by atoms with Crippen molar-refractivity contribution in [3.8, 4) is 0 Å². The molecule has 0 bridgehead atoms. The second kappa shape index (κ2) is 5.24. The van der Waals surface area contributed by atoms with Gasteiger partial charge in [0.05, 0.1) is 11.2 Å². The van der Waals surface area contributed by atoms with Gasteiger partial charge in [0.15, 0.2) is 0 Å². The van der Waals surface area contributed by atoms with Crippen molar-refractivity contribution >= 4 is 23.4 Å². The summed E-state index contributed by atoms with van der Waals surface area (Å²) in [5, 5.41) is 0. The van der Waals surface area contributed by atoms with Crippen LogP contribution in [0.2, 0.25) is 0 Å². The van der Waals surface area contributed by atoms with E-state index >= 15 is 0 Å². The van der Waals surface area contributed by atoms with Gasteiger partial charge in [-0.15, -0.1) is 0 Å². The normalized spacial score (nSPS) is 22.0. The Morgan fingerprint density at radius 1 is 1.20 bits per heavy atom. The monoisotopic (exact) mass is 295 g/mol. The minimum atomic E-state index is -0.914. The smallest absolute Gasteiger partial charge is 0.399 e. The fourth-order valence-electron chi connectivity index (χ4n) is 2.19. The largest absolute Gasteiger partial charge is 0.496 e. The van der Waals surface area contributed by atoms with Crippen molar-refractivity contribution in [2.75, 3.05) is 6.26 Å². The first kappa shape index (κ1) is 15.7. The number of aromatic nitrogens is 1. The summed E-state index contributed by atoms with van der Waals surface area (Å²) in [6.07, 6.45) is 5.25. The molecular weight excluding hydrogens is 273 g/mol. The number of rotatable bonds is 3. The molecule has 0 aliphatic carbocycles. The predicted molar refractivity (Wildman–Crippen MR) is 82.5 cm³/mol. The van der Waals surface area contributed by atoms with Crippen LogP contribution in [0.3, 0.4) is 0 Å².